The minimum Gasteiger partial charge on any atom is -0.256 e. The third kappa shape index (κ3) is 1.90. The number of pyridine rings is 1. The number of hydrogen-bond donors (Lipinski definition) is 0. The average molecular weight is 203 g/mol. The van der Waals surface area contributed by atoms with Gasteiger partial charge in [-0.15, -0.1) is 11.8 Å². The molecule has 1 heterocycles. The van der Waals surface area contributed by atoms with Crippen LogP contribution in [0.1, 0.15) is 13.3 Å². The molecule has 14 heavy (non-hydrogen) atoms. The fraction of sp³-hybridized carbons (Fsp3) is 0.250. The predicted octanol–water partition coefficient (Wildman–Crippen LogP) is 3.74. The zero-order valence-corrected chi connectivity index (χ0v) is 9.05. The Morgan fingerprint density at radius 2 is 2.14 bits per heavy atom. The molecule has 0 N–H and O–H groups in total. The first-order chi connectivity index (χ1) is 6.92. The fourth-order valence-corrected chi connectivity index (χ4v) is 2.34. The van der Waals surface area contributed by atoms with Crippen molar-refractivity contribution in [2.24, 2.45) is 0 Å². The monoisotopic (exact) mass is 203 g/mol. The van der Waals surface area contributed by atoms with Crippen LogP contribution in [-0.2, 0) is 0 Å². The van der Waals surface area contributed by atoms with Crippen LogP contribution in [0.2, 0.25) is 0 Å². The van der Waals surface area contributed by atoms with E-state index in [4.69, 9.17) is 0 Å². The molecule has 0 bridgehead atoms. The highest BCUT2D eigenvalue weighted by Gasteiger charge is 1.99. The standard InChI is InChI=1S/C12H13NS/c1-2-9-14-12-7-3-6-11-10(12)5-4-8-13-11/h3-8H,2,9H2,1H3. The molecule has 2 rings (SSSR count). The summed E-state index contributed by atoms with van der Waals surface area (Å²) in [6, 6.07) is 10.4. The predicted molar refractivity (Wildman–Crippen MR) is 62.8 cm³/mol. The maximum absolute atomic E-state index is 4.34. The third-order valence-electron chi connectivity index (χ3n) is 2.07. The molecule has 0 spiro atoms. The van der Waals surface area contributed by atoms with Crippen molar-refractivity contribution in [2.75, 3.05) is 5.75 Å². The number of aromatic nitrogens is 1. The van der Waals surface area contributed by atoms with E-state index >= 15 is 0 Å². The molecule has 1 aromatic carbocycles. The molecule has 0 fully saturated rings. The molecule has 1 aromatic heterocycles. The largest absolute Gasteiger partial charge is 0.256 e. The molecule has 0 aliphatic rings. The van der Waals surface area contributed by atoms with Gasteiger partial charge in [-0.25, -0.2) is 0 Å². The van der Waals surface area contributed by atoms with Gasteiger partial charge in [0.15, 0.2) is 0 Å². The Hall–Kier alpha value is -1.02. The van der Waals surface area contributed by atoms with Crippen molar-refractivity contribution in [3.63, 3.8) is 0 Å². The minimum absolute atomic E-state index is 1.09. The quantitative estimate of drug-likeness (QED) is 0.705. The Kier molecular flexibility index (Phi) is 3.04. The lowest BCUT2D eigenvalue weighted by atomic mass is 10.2. The van der Waals surface area contributed by atoms with Crippen LogP contribution in [0.5, 0.6) is 0 Å². The third-order valence-corrected chi connectivity index (χ3v) is 3.35. The van der Waals surface area contributed by atoms with Crippen LogP contribution in [-0.4, -0.2) is 10.7 Å². The molecule has 72 valence electrons. The number of nitrogens with zero attached hydrogens (tertiary/aromatic N) is 1. The Bertz CT molecular complexity index is 420. The van der Waals surface area contributed by atoms with E-state index in [9.17, 15) is 0 Å². The minimum atomic E-state index is 1.09. The van der Waals surface area contributed by atoms with Gasteiger partial charge in [0.1, 0.15) is 0 Å². The van der Waals surface area contributed by atoms with Crippen molar-refractivity contribution in [1.29, 1.82) is 0 Å². The molecule has 0 aliphatic carbocycles. The average Bonchev–Trinajstić information content (AvgIpc) is 2.26. The SMILES string of the molecule is CCCSc1cccc2ncccc12. The molecule has 0 atom stereocenters. The van der Waals surface area contributed by atoms with Crippen LogP contribution in [0, 0.1) is 0 Å². The van der Waals surface area contributed by atoms with Gasteiger partial charge < -0.3 is 0 Å². The lowest BCUT2D eigenvalue weighted by molar-refractivity contribution is 1.11. The second-order valence-electron chi connectivity index (χ2n) is 3.17. The summed E-state index contributed by atoms with van der Waals surface area (Å²) < 4.78 is 0. The Morgan fingerprint density at radius 3 is 3.00 bits per heavy atom. The first-order valence-electron chi connectivity index (χ1n) is 4.88. The van der Waals surface area contributed by atoms with Crippen LogP contribution in [0.4, 0.5) is 0 Å². The molecule has 2 heteroatoms. The summed E-state index contributed by atoms with van der Waals surface area (Å²) in [5.41, 5.74) is 1.09. The maximum atomic E-state index is 4.34. The van der Waals surface area contributed by atoms with E-state index in [2.05, 4.69) is 36.2 Å². The molecular formula is C12H13NS. The van der Waals surface area contributed by atoms with E-state index in [0.29, 0.717) is 0 Å². The molecule has 0 amide bonds. The van der Waals surface area contributed by atoms with E-state index in [1.54, 1.807) is 0 Å². The van der Waals surface area contributed by atoms with Crippen molar-refractivity contribution in [3.05, 3.63) is 36.5 Å². The number of thioether (sulfide) groups is 1. The lowest BCUT2D eigenvalue weighted by Gasteiger charge is -2.03. The molecule has 0 saturated heterocycles. The van der Waals surface area contributed by atoms with Crippen LogP contribution >= 0.6 is 11.8 Å². The second kappa shape index (κ2) is 4.47. The first kappa shape index (κ1) is 9.53. The van der Waals surface area contributed by atoms with E-state index in [1.807, 2.05) is 24.0 Å². The molecular weight excluding hydrogens is 190 g/mol. The summed E-state index contributed by atoms with van der Waals surface area (Å²) in [6.45, 7) is 2.20. The Balaban J connectivity index is 2.43. The summed E-state index contributed by atoms with van der Waals surface area (Å²) in [5, 5.41) is 1.27. The van der Waals surface area contributed by atoms with Crippen LogP contribution in [0.25, 0.3) is 10.9 Å². The van der Waals surface area contributed by atoms with Gasteiger partial charge >= 0.3 is 0 Å². The van der Waals surface area contributed by atoms with Crippen molar-refractivity contribution >= 4 is 22.7 Å². The van der Waals surface area contributed by atoms with Gasteiger partial charge in [0.2, 0.25) is 0 Å². The van der Waals surface area contributed by atoms with Crippen molar-refractivity contribution in [3.8, 4) is 0 Å². The highest BCUT2D eigenvalue weighted by atomic mass is 32.2. The van der Waals surface area contributed by atoms with Crippen molar-refractivity contribution in [1.82, 2.24) is 4.98 Å². The highest BCUT2D eigenvalue weighted by Crippen LogP contribution is 2.26. The molecule has 0 aliphatic heterocycles. The summed E-state index contributed by atoms with van der Waals surface area (Å²) in [4.78, 5) is 5.68. The van der Waals surface area contributed by atoms with E-state index in [1.165, 1.54) is 22.5 Å². The van der Waals surface area contributed by atoms with Gasteiger partial charge in [-0.05, 0) is 30.4 Å². The topological polar surface area (TPSA) is 12.9 Å². The number of fused-ring (bicyclic) bond motifs is 1. The molecule has 2 aromatic rings. The van der Waals surface area contributed by atoms with E-state index in [-0.39, 0.29) is 0 Å². The fourth-order valence-electron chi connectivity index (χ4n) is 1.41. The van der Waals surface area contributed by atoms with E-state index < -0.39 is 0 Å². The summed E-state index contributed by atoms with van der Waals surface area (Å²) in [7, 11) is 0. The molecule has 0 radical (unpaired) electrons. The molecule has 0 unspecified atom stereocenters. The van der Waals surface area contributed by atoms with Crippen LogP contribution < -0.4 is 0 Å². The maximum Gasteiger partial charge on any atom is 0.0713 e. The number of benzene rings is 1. The van der Waals surface area contributed by atoms with Crippen molar-refractivity contribution in [2.45, 2.75) is 18.2 Å². The number of hydrogen-bond acceptors (Lipinski definition) is 2. The van der Waals surface area contributed by atoms with Crippen LogP contribution in [0.3, 0.4) is 0 Å². The van der Waals surface area contributed by atoms with Crippen molar-refractivity contribution < 1.29 is 0 Å². The molecule has 1 nitrogen and oxygen atoms in total. The zero-order valence-electron chi connectivity index (χ0n) is 8.23. The Morgan fingerprint density at radius 1 is 1.21 bits per heavy atom. The van der Waals surface area contributed by atoms with Gasteiger partial charge in [-0.3, -0.25) is 4.98 Å². The van der Waals surface area contributed by atoms with Gasteiger partial charge in [0.25, 0.3) is 0 Å². The Labute approximate surface area is 88.6 Å². The normalized spacial score (nSPS) is 10.6. The van der Waals surface area contributed by atoms with Gasteiger partial charge in [-0.2, -0.15) is 0 Å². The number of rotatable bonds is 3. The van der Waals surface area contributed by atoms with Gasteiger partial charge in [0, 0.05) is 16.5 Å². The highest BCUT2D eigenvalue weighted by molar-refractivity contribution is 7.99. The smallest absolute Gasteiger partial charge is 0.0713 e. The summed E-state index contributed by atoms with van der Waals surface area (Å²) in [6.07, 6.45) is 3.05. The van der Waals surface area contributed by atoms with Crippen LogP contribution in [0.15, 0.2) is 41.4 Å². The zero-order chi connectivity index (χ0) is 9.80. The second-order valence-corrected chi connectivity index (χ2v) is 4.31. The van der Waals surface area contributed by atoms with Gasteiger partial charge in [0.05, 0.1) is 5.52 Å². The lowest BCUT2D eigenvalue weighted by Crippen LogP contribution is -1.81. The first-order valence-corrected chi connectivity index (χ1v) is 5.87. The molecule has 0 saturated carbocycles. The van der Waals surface area contributed by atoms with Gasteiger partial charge in [-0.1, -0.05) is 19.1 Å². The summed E-state index contributed by atoms with van der Waals surface area (Å²) in [5.74, 6) is 1.17. The van der Waals surface area contributed by atoms with E-state index in [0.717, 1.165) is 5.52 Å². The summed E-state index contributed by atoms with van der Waals surface area (Å²) >= 11 is 1.91.